The van der Waals surface area contributed by atoms with Gasteiger partial charge in [0.2, 0.25) is 0 Å². The summed E-state index contributed by atoms with van der Waals surface area (Å²) in [6.07, 6.45) is 5.44. The summed E-state index contributed by atoms with van der Waals surface area (Å²) < 4.78 is 5.99. The van der Waals surface area contributed by atoms with Crippen LogP contribution in [0, 0.1) is 0 Å². The predicted octanol–water partition coefficient (Wildman–Crippen LogP) is 4.09. The molecule has 3 heterocycles. The number of nitrogens with one attached hydrogen (secondary N) is 1. The second-order valence-electron chi connectivity index (χ2n) is 8.63. The van der Waals surface area contributed by atoms with Gasteiger partial charge < -0.3 is 14.8 Å². The van der Waals surface area contributed by atoms with E-state index in [0.29, 0.717) is 19.7 Å². The third-order valence-electron chi connectivity index (χ3n) is 6.39. The van der Waals surface area contributed by atoms with Crippen LogP contribution < -0.4 is 4.74 Å². The second kappa shape index (κ2) is 10.1. The Morgan fingerprint density at radius 1 is 1.00 bits per heavy atom. The molecule has 2 aromatic carbocycles. The first-order valence-electron chi connectivity index (χ1n) is 11.5. The number of carboxylic acid groups (broad SMARTS) is 1. The minimum absolute atomic E-state index is 0.466. The number of pyridine rings is 1. The lowest BCUT2D eigenvalue weighted by molar-refractivity contribution is -0.144. The summed E-state index contributed by atoms with van der Waals surface area (Å²) in [6, 6.07) is 19.1. The van der Waals surface area contributed by atoms with Gasteiger partial charge in [-0.3, -0.25) is 19.6 Å². The number of fused-ring (bicyclic) bond motifs is 1. The monoisotopic (exact) mass is 456 g/mol. The third-order valence-corrected chi connectivity index (χ3v) is 6.39. The molecule has 0 aliphatic carbocycles. The summed E-state index contributed by atoms with van der Waals surface area (Å²) in [5.41, 5.74) is 3.99. The van der Waals surface area contributed by atoms with Gasteiger partial charge in [0.25, 0.3) is 0 Å². The number of hydrogen-bond donors (Lipinski definition) is 2. The lowest BCUT2D eigenvalue weighted by atomic mass is 10.0. The number of rotatable bonds is 8. The van der Waals surface area contributed by atoms with Crippen LogP contribution >= 0.6 is 0 Å². The van der Waals surface area contributed by atoms with E-state index in [9.17, 15) is 9.90 Å². The van der Waals surface area contributed by atoms with Gasteiger partial charge in [0, 0.05) is 67.8 Å². The Balaban J connectivity index is 1.31. The number of ether oxygens (including phenoxy) is 1. The van der Waals surface area contributed by atoms with E-state index in [1.807, 2.05) is 66.9 Å². The normalized spacial score (nSPS) is 15.9. The number of carbonyl (C=O) groups is 1. The molecule has 0 amide bonds. The van der Waals surface area contributed by atoms with Gasteiger partial charge in [-0.05, 0) is 41.5 Å². The quantitative estimate of drug-likeness (QED) is 0.416. The van der Waals surface area contributed by atoms with E-state index < -0.39 is 12.0 Å². The number of aromatic amines is 1. The molecule has 1 atom stereocenters. The number of H-pyrrole nitrogens is 1. The van der Waals surface area contributed by atoms with Crippen LogP contribution in [0.25, 0.3) is 10.9 Å². The molecule has 34 heavy (non-hydrogen) atoms. The van der Waals surface area contributed by atoms with Gasteiger partial charge in [0.1, 0.15) is 18.4 Å². The van der Waals surface area contributed by atoms with Crippen molar-refractivity contribution in [2.24, 2.45) is 0 Å². The lowest BCUT2D eigenvalue weighted by Crippen LogP contribution is -2.48. The molecule has 1 aliphatic heterocycles. The number of aromatic nitrogens is 2. The van der Waals surface area contributed by atoms with Gasteiger partial charge >= 0.3 is 5.97 Å². The van der Waals surface area contributed by atoms with E-state index in [1.54, 1.807) is 12.4 Å². The topological polar surface area (TPSA) is 81.7 Å². The van der Waals surface area contributed by atoms with Crippen molar-refractivity contribution in [2.75, 3.05) is 26.2 Å². The SMILES string of the molecule is O=C(O)[C@@H](c1c[nH]c2ccc(OCc3ccccc3)cc12)N1CCN(Cc2ccncc2)CC1. The van der Waals surface area contributed by atoms with E-state index in [1.165, 1.54) is 5.56 Å². The minimum atomic E-state index is -0.834. The molecule has 174 valence electrons. The summed E-state index contributed by atoms with van der Waals surface area (Å²) in [5.74, 6) is -0.109. The Morgan fingerprint density at radius 2 is 1.76 bits per heavy atom. The van der Waals surface area contributed by atoms with Crippen molar-refractivity contribution in [3.8, 4) is 5.75 Å². The number of carboxylic acids is 1. The smallest absolute Gasteiger partial charge is 0.325 e. The van der Waals surface area contributed by atoms with Crippen LogP contribution in [0.4, 0.5) is 0 Å². The zero-order chi connectivity index (χ0) is 23.3. The van der Waals surface area contributed by atoms with Crippen LogP contribution in [0.15, 0.2) is 79.3 Å². The maximum atomic E-state index is 12.4. The molecule has 0 radical (unpaired) electrons. The summed E-state index contributed by atoms with van der Waals surface area (Å²) >= 11 is 0. The standard InChI is InChI=1S/C27H28N4O3/c32-27(33)26(31-14-12-30(13-15-31)18-20-8-10-28-11-9-20)24-17-29-25-7-6-22(16-23(24)25)34-19-21-4-2-1-3-5-21/h1-11,16-17,26,29H,12-15,18-19H2,(H,32,33)/t26-/m1/s1. The van der Waals surface area contributed by atoms with E-state index in [4.69, 9.17) is 4.74 Å². The average Bonchev–Trinajstić information content (AvgIpc) is 3.28. The predicted molar refractivity (Wildman–Crippen MR) is 131 cm³/mol. The molecule has 1 saturated heterocycles. The van der Waals surface area contributed by atoms with Gasteiger partial charge in [0.05, 0.1) is 0 Å². The van der Waals surface area contributed by atoms with E-state index in [-0.39, 0.29) is 0 Å². The molecular weight excluding hydrogens is 428 g/mol. The molecule has 0 saturated carbocycles. The molecule has 0 bridgehead atoms. The number of benzene rings is 2. The summed E-state index contributed by atoms with van der Waals surface area (Å²) in [7, 11) is 0. The van der Waals surface area contributed by atoms with Crippen LogP contribution in [-0.2, 0) is 17.9 Å². The Kier molecular flexibility index (Phi) is 6.56. The molecule has 0 spiro atoms. The zero-order valence-corrected chi connectivity index (χ0v) is 18.9. The zero-order valence-electron chi connectivity index (χ0n) is 18.9. The lowest BCUT2D eigenvalue weighted by Gasteiger charge is -2.37. The van der Waals surface area contributed by atoms with Crippen molar-refractivity contribution >= 4 is 16.9 Å². The first-order valence-corrected chi connectivity index (χ1v) is 11.5. The summed E-state index contributed by atoms with van der Waals surface area (Å²) in [4.78, 5) is 24.1. The molecule has 1 aliphatic rings. The number of hydrogen-bond acceptors (Lipinski definition) is 5. The van der Waals surface area contributed by atoms with E-state index in [0.717, 1.165) is 47.4 Å². The van der Waals surface area contributed by atoms with Gasteiger partial charge in [0.15, 0.2) is 0 Å². The van der Waals surface area contributed by atoms with Crippen LogP contribution in [0.2, 0.25) is 0 Å². The van der Waals surface area contributed by atoms with Crippen molar-refractivity contribution in [3.05, 3.63) is 95.9 Å². The maximum absolute atomic E-state index is 12.4. The van der Waals surface area contributed by atoms with Crippen LogP contribution in [0.3, 0.4) is 0 Å². The molecule has 4 aromatic rings. The molecule has 7 nitrogen and oxygen atoms in total. The molecule has 1 fully saturated rings. The fourth-order valence-electron chi connectivity index (χ4n) is 4.59. The fourth-order valence-corrected chi connectivity index (χ4v) is 4.59. The summed E-state index contributed by atoms with van der Waals surface area (Å²) in [5, 5.41) is 11.1. The number of nitrogens with zero attached hydrogens (tertiary/aromatic N) is 3. The molecule has 7 heteroatoms. The molecule has 2 aromatic heterocycles. The van der Waals surface area contributed by atoms with E-state index >= 15 is 0 Å². The number of aliphatic carboxylic acids is 1. The highest BCUT2D eigenvalue weighted by atomic mass is 16.5. The second-order valence-corrected chi connectivity index (χ2v) is 8.63. The van der Waals surface area contributed by atoms with Gasteiger partial charge in [-0.2, -0.15) is 0 Å². The third kappa shape index (κ3) is 4.95. The van der Waals surface area contributed by atoms with Crippen LogP contribution in [0.5, 0.6) is 5.75 Å². The summed E-state index contributed by atoms with van der Waals surface area (Å²) in [6.45, 7) is 4.34. The van der Waals surface area contributed by atoms with Crippen LogP contribution in [0.1, 0.15) is 22.7 Å². The maximum Gasteiger partial charge on any atom is 0.325 e. The average molecular weight is 457 g/mol. The Labute approximate surface area is 198 Å². The van der Waals surface area contributed by atoms with Crippen molar-refractivity contribution in [3.63, 3.8) is 0 Å². The molecule has 5 rings (SSSR count). The Hall–Kier alpha value is -3.68. The molecule has 0 unspecified atom stereocenters. The number of piperazine rings is 1. The van der Waals surface area contributed by atoms with Gasteiger partial charge in [-0.15, -0.1) is 0 Å². The highest BCUT2D eigenvalue weighted by molar-refractivity contribution is 5.90. The van der Waals surface area contributed by atoms with Crippen molar-refractivity contribution < 1.29 is 14.6 Å². The highest BCUT2D eigenvalue weighted by Gasteiger charge is 2.32. The molecular formula is C27H28N4O3. The molecule has 2 N–H and O–H groups in total. The highest BCUT2D eigenvalue weighted by Crippen LogP contribution is 2.32. The van der Waals surface area contributed by atoms with Crippen LogP contribution in [-0.4, -0.2) is 57.0 Å². The van der Waals surface area contributed by atoms with Crippen molar-refractivity contribution in [1.29, 1.82) is 0 Å². The van der Waals surface area contributed by atoms with Gasteiger partial charge in [-0.25, -0.2) is 0 Å². The first-order chi connectivity index (χ1) is 16.7. The fraction of sp³-hybridized carbons (Fsp3) is 0.259. The minimum Gasteiger partial charge on any atom is -0.489 e. The Morgan fingerprint density at radius 3 is 2.50 bits per heavy atom. The Bertz CT molecular complexity index is 1230. The van der Waals surface area contributed by atoms with Gasteiger partial charge in [-0.1, -0.05) is 30.3 Å². The first kappa shape index (κ1) is 22.1. The largest absolute Gasteiger partial charge is 0.489 e. The van der Waals surface area contributed by atoms with Crippen molar-refractivity contribution in [1.82, 2.24) is 19.8 Å². The van der Waals surface area contributed by atoms with E-state index in [2.05, 4.69) is 19.8 Å². The van der Waals surface area contributed by atoms with Crippen molar-refractivity contribution in [2.45, 2.75) is 19.2 Å².